The summed E-state index contributed by atoms with van der Waals surface area (Å²) in [7, 11) is 1.28. The van der Waals surface area contributed by atoms with Gasteiger partial charge in [-0.2, -0.15) is 0 Å². The Morgan fingerprint density at radius 2 is 1.50 bits per heavy atom. The zero-order chi connectivity index (χ0) is 13.1. The molecule has 0 atom stereocenters. The fraction of sp³-hybridized carbons (Fsp3) is 0.750. The molecule has 0 radical (unpaired) electrons. The number of esters is 1. The van der Waals surface area contributed by atoms with E-state index in [0.717, 1.165) is 0 Å². The van der Waals surface area contributed by atoms with E-state index in [0.29, 0.717) is 0 Å². The maximum atomic E-state index is 12.2. The molecule has 0 fully saturated rings. The first-order valence-corrected chi connectivity index (χ1v) is 5.18. The van der Waals surface area contributed by atoms with Crippen LogP contribution in [-0.2, 0) is 19.1 Å². The molecule has 0 aliphatic carbocycles. The number of ether oxygens (including phenoxy) is 1. The van der Waals surface area contributed by atoms with E-state index in [2.05, 4.69) is 4.74 Å². The minimum Gasteiger partial charge on any atom is -0.469 e. The van der Waals surface area contributed by atoms with E-state index < -0.39 is 16.8 Å². The molecule has 0 saturated heterocycles. The molecule has 0 aromatic rings. The molecular weight excluding hydrogens is 208 g/mol. The molecule has 0 aliphatic rings. The lowest BCUT2D eigenvalue weighted by atomic mass is 9.70. The van der Waals surface area contributed by atoms with Crippen LogP contribution in [0.25, 0.3) is 0 Å². The molecule has 0 N–H and O–H groups in total. The summed E-state index contributed by atoms with van der Waals surface area (Å²) in [6, 6.07) is 0. The molecule has 0 spiro atoms. The number of rotatable bonds is 5. The van der Waals surface area contributed by atoms with E-state index in [4.69, 9.17) is 0 Å². The van der Waals surface area contributed by atoms with E-state index in [9.17, 15) is 14.4 Å². The van der Waals surface area contributed by atoms with Gasteiger partial charge in [0, 0.05) is 5.41 Å². The van der Waals surface area contributed by atoms with Gasteiger partial charge in [0.15, 0.2) is 5.78 Å². The molecule has 0 unspecified atom stereocenters. The number of ketones is 2. The van der Waals surface area contributed by atoms with Crippen molar-refractivity contribution in [3.63, 3.8) is 0 Å². The van der Waals surface area contributed by atoms with Gasteiger partial charge in [0.1, 0.15) is 5.78 Å². The van der Waals surface area contributed by atoms with Crippen LogP contribution in [0.5, 0.6) is 0 Å². The molecule has 0 rings (SSSR count). The maximum absolute atomic E-state index is 12.2. The lowest BCUT2D eigenvalue weighted by molar-refractivity contribution is -0.151. The van der Waals surface area contributed by atoms with Gasteiger partial charge in [0.2, 0.25) is 0 Å². The molecule has 0 heterocycles. The summed E-state index contributed by atoms with van der Waals surface area (Å²) in [6.07, 6.45) is -0.0148. The van der Waals surface area contributed by atoms with Crippen LogP contribution in [0, 0.1) is 10.8 Å². The van der Waals surface area contributed by atoms with Gasteiger partial charge in [-0.15, -0.1) is 0 Å². The molecule has 0 amide bonds. The standard InChI is InChI=1S/C12H20O4/c1-8(13)12(4,5)10(15)11(2,3)7-9(14)16-6/h7H2,1-6H3. The molecule has 4 heteroatoms. The molecule has 0 aliphatic heterocycles. The van der Waals surface area contributed by atoms with Crippen molar-refractivity contribution in [2.75, 3.05) is 7.11 Å². The number of hydrogen-bond donors (Lipinski definition) is 0. The van der Waals surface area contributed by atoms with Gasteiger partial charge in [-0.3, -0.25) is 14.4 Å². The Morgan fingerprint density at radius 3 is 1.81 bits per heavy atom. The number of Topliss-reactive ketones (excluding diaryl/α,β-unsaturated/α-hetero) is 2. The van der Waals surface area contributed by atoms with Gasteiger partial charge < -0.3 is 4.74 Å². The van der Waals surface area contributed by atoms with Crippen LogP contribution in [-0.4, -0.2) is 24.6 Å². The van der Waals surface area contributed by atoms with Crippen LogP contribution in [0.3, 0.4) is 0 Å². The fourth-order valence-electron chi connectivity index (χ4n) is 1.52. The highest BCUT2D eigenvalue weighted by atomic mass is 16.5. The van der Waals surface area contributed by atoms with Crippen molar-refractivity contribution >= 4 is 17.5 Å². The molecule has 0 saturated carbocycles. The third kappa shape index (κ3) is 3.15. The van der Waals surface area contributed by atoms with Crippen molar-refractivity contribution in [1.29, 1.82) is 0 Å². The lowest BCUT2D eigenvalue weighted by Crippen LogP contribution is -2.42. The van der Waals surface area contributed by atoms with Crippen LogP contribution in [0.1, 0.15) is 41.0 Å². The van der Waals surface area contributed by atoms with E-state index >= 15 is 0 Å². The number of carbonyl (C=O) groups is 3. The molecular formula is C12H20O4. The second-order valence-electron chi connectivity index (χ2n) is 5.15. The highest BCUT2D eigenvalue weighted by Crippen LogP contribution is 2.33. The molecule has 0 aromatic carbocycles. The van der Waals surface area contributed by atoms with Gasteiger partial charge in [0.05, 0.1) is 18.9 Å². The molecule has 0 bridgehead atoms. The quantitative estimate of drug-likeness (QED) is 0.531. The Bertz CT molecular complexity index is 313. The minimum absolute atomic E-state index is 0.0148. The Hall–Kier alpha value is -1.19. The lowest BCUT2D eigenvalue weighted by Gasteiger charge is -2.30. The van der Waals surface area contributed by atoms with Crippen molar-refractivity contribution in [3.05, 3.63) is 0 Å². The molecule has 16 heavy (non-hydrogen) atoms. The number of carbonyl (C=O) groups excluding carboxylic acids is 3. The number of methoxy groups -OCH3 is 1. The predicted octanol–water partition coefficient (Wildman–Crippen LogP) is 1.76. The smallest absolute Gasteiger partial charge is 0.306 e. The highest BCUT2D eigenvalue weighted by molar-refractivity contribution is 6.08. The van der Waals surface area contributed by atoms with E-state index in [1.54, 1.807) is 27.7 Å². The Labute approximate surface area is 96.4 Å². The van der Waals surface area contributed by atoms with Crippen LogP contribution in [0.2, 0.25) is 0 Å². The average molecular weight is 228 g/mol. The van der Waals surface area contributed by atoms with Crippen LogP contribution < -0.4 is 0 Å². The zero-order valence-corrected chi connectivity index (χ0v) is 10.8. The first kappa shape index (κ1) is 14.8. The van der Waals surface area contributed by atoms with Crippen molar-refractivity contribution < 1.29 is 19.1 Å². The summed E-state index contributed by atoms with van der Waals surface area (Å²) in [5.41, 5.74) is -1.94. The van der Waals surface area contributed by atoms with E-state index in [1.807, 2.05) is 0 Å². The van der Waals surface area contributed by atoms with Gasteiger partial charge >= 0.3 is 5.97 Å². The first-order chi connectivity index (χ1) is 7.05. The summed E-state index contributed by atoms with van der Waals surface area (Å²) in [6.45, 7) is 7.84. The van der Waals surface area contributed by atoms with Gasteiger partial charge in [0.25, 0.3) is 0 Å². The van der Waals surface area contributed by atoms with Crippen LogP contribution in [0.15, 0.2) is 0 Å². The normalized spacial score (nSPS) is 12.1. The second-order valence-corrected chi connectivity index (χ2v) is 5.15. The SMILES string of the molecule is COC(=O)CC(C)(C)C(=O)C(C)(C)C(C)=O. The summed E-state index contributed by atoms with van der Waals surface area (Å²) in [5, 5.41) is 0. The first-order valence-electron chi connectivity index (χ1n) is 5.18. The second kappa shape index (κ2) is 4.76. The van der Waals surface area contributed by atoms with E-state index in [-0.39, 0.29) is 18.0 Å². The summed E-state index contributed by atoms with van der Waals surface area (Å²) in [4.78, 5) is 34.7. The molecule has 4 nitrogen and oxygen atoms in total. The van der Waals surface area contributed by atoms with Crippen molar-refractivity contribution in [3.8, 4) is 0 Å². The van der Waals surface area contributed by atoms with Crippen molar-refractivity contribution in [2.24, 2.45) is 10.8 Å². The third-order valence-corrected chi connectivity index (χ3v) is 2.88. The number of hydrogen-bond acceptors (Lipinski definition) is 4. The molecule has 0 aromatic heterocycles. The van der Waals surface area contributed by atoms with Gasteiger partial charge in [-0.25, -0.2) is 0 Å². The van der Waals surface area contributed by atoms with Crippen LogP contribution >= 0.6 is 0 Å². The topological polar surface area (TPSA) is 60.4 Å². The predicted molar refractivity (Wildman–Crippen MR) is 59.9 cm³/mol. The zero-order valence-electron chi connectivity index (χ0n) is 10.8. The summed E-state index contributed by atoms with van der Waals surface area (Å²) < 4.78 is 4.53. The van der Waals surface area contributed by atoms with Crippen molar-refractivity contribution in [1.82, 2.24) is 0 Å². The Morgan fingerprint density at radius 1 is 1.06 bits per heavy atom. The van der Waals surface area contributed by atoms with E-state index in [1.165, 1.54) is 14.0 Å². The maximum Gasteiger partial charge on any atom is 0.306 e. The van der Waals surface area contributed by atoms with Crippen LogP contribution in [0.4, 0.5) is 0 Å². The minimum atomic E-state index is -1.06. The summed E-state index contributed by atoms with van der Waals surface area (Å²) in [5.74, 6) is -0.883. The Balaban J connectivity index is 4.97. The third-order valence-electron chi connectivity index (χ3n) is 2.88. The fourth-order valence-corrected chi connectivity index (χ4v) is 1.52. The highest BCUT2D eigenvalue weighted by Gasteiger charge is 2.43. The van der Waals surface area contributed by atoms with Crippen molar-refractivity contribution in [2.45, 2.75) is 41.0 Å². The average Bonchev–Trinajstić information content (AvgIpc) is 2.15. The monoisotopic (exact) mass is 228 g/mol. The largest absolute Gasteiger partial charge is 0.469 e. The van der Waals surface area contributed by atoms with Gasteiger partial charge in [-0.05, 0) is 20.8 Å². The van der Waals surface area contributed by atoms with Gasteiger partial charge in [-0.1, -0.05) is 13.8 Å². The summed E-state index contributed by atoms with van der Waals surface area (Å²) >= 11 is 0. The Kier molecular flexibility index (Phi) is 4.41. The molecule has 92 valence electrons.